The fraction of sp³-hybridized carbons (Fsp3) is 0.412. The number of carbonyl (C=O) groups excluding carboxylic acids is 1. The van der Waals surface area contributed by atoms with Gasteiger partial charge in [0.25, 0.3) is 0 Å². The van der Waals surface area contributed by atoms with E-state index in [2.05, 4.69) is 10.6 Å². The van der Waals surface area contributed by atoms with Gasteiger partial charge in [-0.3, -0.25) is 0 Å². The lowest BCUT2D eigenvalue weighted by molar-refractivity contribution is -0.140. The van der Waals surface area contributed by atoms with Gasteiger partial charge in [-0.2, -0.15) is 0 Å². The maximum absolute atomic E-state index is 12.5. The van der Waals surface area contributed by atoms with Crippen LogP contribution < -0.4 is 15.4 Å². The standard InChI is InChI=1S/C17H22N2O3S/c1-10(2)9-22-16(20)14-11(3)18-17(23)19-15(14)12-6-5-7-13(8-12)21-4/h5-8,10,15H,9H2,1-4H3,(H2,18,19,23). The summed E-state index contributed by atoms with van der Waals surface area (Å²) in [6.07, 6.45) is 0. The highest BCUT2D eigenvalue weighted by molar-refractivity contribution is 7.80. The predicted molar refractivity (Wildman–Crippen MR) is 93.1 cm³/mol. The molecule has 2 rings (SSSR count). The van der Waals surface area contributed by atoms with E-state index < -0.39 is 0 Å². The average Bonchev–Trinajstić information content (AvgIpc) is 2.52. The lowest BCUT2D eigenvalue weighted by atomic mass is 9.95. The number of esters is 1. The molecule has 0 saturated carbocycles. The van der Waals surface area contributed by atoms with Gasteiger partial charge in [-0.25, -0.2) is 4.79 Å². The van der Waals surface area contributed by atoms with Gasteiger partial charge in [0.1, 0.15) is 5.75 Å². The van der Waals surface area contributed by atoms with Crippen molar-refractivity contribution in [3.63, 3.8) is 0 Å². The topological polar surface area (TPSA) is 59.6 Å². The van der Waals surface area contributed by atoms with E-state index in [0.29, 0.717) is 23.0 Å². The van der Waals surface area contributed by atoms with E-state index in [1.165, 1.54) is 0 Å². The number of hydrogen-bond donors (Lipinski definition) is 2. The Kier molecular flexibility index (Phi) is 5.60. The largest absolute Gasteiger partial charge is 0.497 e. The molecule has 1 aliphatic heterocycles. The fourth-order valence-corrected chi connectivity index (χ4v) is 2.63. The van der Waals surface area contributed by atoms with Gasteiger partial charge < -0.3 is 20.1 Å². The van der Waals surface area contributed by atoms with Gasteiger partial charge in [-0.1, -0.05) is 26.0 Å². The van der Waals surface area contributed by atoms with E-state index in [-0.39, 0.29) is 17.9 Å². The van der Waals surface area contributed by atoms with Crippen LogP contribution in [0.25, 0.3) is 0 Å². The molecule has 1 heterocycles. The summed E-state index contributed by atoms with van der Waals surface area (Å²) in [6.45, 7) is 6.21. The predicted octanol–water partition coefficient (Wildman–Crippen LogP) is 2.69. The first-order valence-corrected chi connectivity index (χ1v) is 7.92. The first-order chi connectivity index (χ1) is 10.9. The number of nitrogens with one attached hydrogen (secondary N) is 2. The molecule has 1 aromatic carbocycles. The number of benzene rings is 1. The third-order valence-corrected chi connectivity index (χ3v) is 3.68. The molecule has 1 unspecified atom stereocenters. The second-order valence-corrected chi connectivity index (χ2v) is 6.25. The zero-order valence-corrected chi connectivity index (χ0v) is 14.6. The Morgan fingerprint density at radius 2 is 2.13 bits per heavy atom. The first kappa shape index (κ1) is 17.3. The number of thiocarbonyl (C=S) groups is 1. The van der Waals surface area contributed by atoms with Gasteiger partial charge in [-0.15, -0.1) is 0 Å². The smallest absolute Gasteiger partial charge is 0.338 e. The van der Waals surface area contributed by atoms with E-state index in [9.17, 15) is 4.79 Å². The number of rotatable bonds is 5. The fourth-order valence-electron chi connectivity index (χ4n) is 2.36. The lowest BCUT2D eigenvalue weighted by Gasteiger charge is -2.30. The molecule has 124 valence electrons. The molecular weight excluding hydrogens is 312 g/mol. The Morgan fingerprint density at radius 3 is 2.78 bits per heavy atom. The molecule has 1 aliphatic rings. The van der Waals surface area contributed by atoms with Crippen molar-refractivity contribution in [2.24, 2.45) is 5.92 Å². The Morgan fingerprint density at radius 1 is 1.39 bits per heavy atom. The number of carbonyl (C=O) groups is 1. The summed E-state index contributed by atoms with van der Waals surface area (Å²) in [4.78, 5) is 12.5. The number of hydrogen-bond acceptors (Lipinski definition) is 4. The Hall–Kier alpha value is -2.08. The molecular formula is C17H22N2O3S. The molecule has 0 saturated heterocycles. The minimum Gasteiger partial charge on any atom is -0.497 e. The van der Waals surface area contributed by atoms with Crippen molar-refractivity contribution in [2.45, 2.75) is 26.8 Å². The maximum atomic E-state index is 12.5. The van der Waals surface area contributed by atoms with Crippen LogP contribution in [-0.2, 0) is 9.53 Å². The van der Waals surface area contributed by atoms with Crippen molar-refractivity contribution in [3.05, 3.63) is 41.1 Å². The molecule has 0 radical (unpaired) electrons. The van der Waals surface area contributed by atoms with Gasteiger partial charge in [0.2, 0.25) is 0 Å². The molecule has 1 aromatic rings. The summed E-state index contributed by atoms with van der Waals surface area (Å²) < 4.78 is 10.7. The molecule has 0 bridgehead atoms. The van der Waals surface area contributed by atoms with E-state index in [0.717, 1.165) is 11.3 Å². The Balaban J connectivity index is 2.35. The molecule has 1 atom stereocenters. The summed E-state index contributed by atoms with van der Waals surface area (Å²) in [5, 5.41) is 6.62. The van der Waals surface area contributed by atoms with Crippen LogP contribution in [0.1, 0.15) is 32.4 Å². The van der Waals surface area contributed by atoms with Crippen molar-refractivity contribution in [1.29, 1.82) is 0 Å². The van der Waals surface area contributed by atoms with Crippen LogP contribution >= 0.6 is 12.2 Å². The zero-order valence-electron chi connectivity index (χ0n) is 13.8. The molecule has 2 N–H and O–H groups in total. The Bertz CT molecular complexity index is 640. The highest BCUT2D eigenvalue weighted by Crippen LogP contribution is 2.29. The summed E-state index contributed by atoms with van der Waals surface area (Å²) >= 11 is 5.23. The molecule has 0 spiro atoms. The van der Waals surface area contributed by atoms with Crippen LogP contribution in [0.4, 0.5) is 0 Å². The normalized spacial score (nSPS) is 17.6. The van der Waals surface area contributed by atoms with Crippen LogP contribution in [0.5, 0.6) is 5.75 Å². The van der Waals surface area contributed by atoms with Gasteiger partial charge in [0.15, 0.2) is 5.11 Å². The molecule has 5 nitrogen and oxygen atoms in total. The van der Waals surface area contributed by atoms with E-state index in [4.69, 9.17) is 21.7 Å². The molecule has 23 heavy (non-hydrogen) atoms. The monoisotopic (exact) mass is 334 g/mol. The van der Waals surface area contributed by atoms with Crippen molar-refractivity contribution >= 4 is 23.3 Å². The van der Waals surface area contributed by atoms with E-state index >= 15 is 0 Å². The molecule has 0 aliphatic carbocycles. The summed E-state index contributed by atoms with van der Waals surface area (Å²) in [5.74, 6) is 0.661. The van der Waals surface area contributed by atoms with Crippen LogP contribution in [0.3, 0.4) is 0 Å². The zero-order chi connectivity index (χ0) is 17.0. The van der Waals surface area contributed by atoms with E-state index in [1.807, 2.05) is 45.0 Å². The van der Waals surface area contributed by atoms with E-state index in [1.54, 1.807) is 7.11 Å². The third-order valence-electron chi connectivity index (χ3n) is 3.46. The van der Waals surface area contributed by atoms with Crippen molar-refractivity contribution in [2.75, 3.05) is 13.7 Å². The number of methoxy groups -OCH3 is 1. The second-order valence-electron chi connectivity index (χ2n) is 5.84. The average molecular weight is 334 g/mol. The van der Waals surface area contributed by atoms with Gasteiger partial charge in [0, 0.05) is 5.70 Å². The quantitative estimate of drug-likeness (QED) is 0.638. The maximum Gasteiger partial charge on any atom is 0.338 e. The molecule has 0 aromatic heterocycles. The van der Waals surface area contributed by atoms with Gasteiger partial charge in [0.05, 0.1) is 25.3 Å². The van der Waals surface area contributed by atoms with Crippen LogP contribution in [-0.4, -0.2) is 24.8 Å². The van der Waals surface area contributed by atoms with Crippen LogP contribution in [0, 0.1) is 5.92 Å². The molecule has 0 amide bonds. The summed E-state index contributed by atoms with van der Waals surface area (Å²) in [5.41, 5.74) is 2.13. The molecule has 6 heteroatoms. The highest BCUT2D eigenvalue weighted by Gasteiger charge is 2.31. The minimum atomic E-state index is -0.362. The highest BCUT2D eigenvalue weighted by atomic mass is 32.1. The minimum absolute atomic E-state index is 0.278. The lowest BCUT2D eigenvalue weighted by Crippen LogP contribution is -2.45. The number of ether oxygens (including phenoxy) is 2. The summed E-state index contributed by atoms with van der Waals surface area (Å²) in [7, 11) is 1.61. The summed E-state index contributed by atoms with van der Waals surface area (Å²) in [6, 6.07) is 7.19. The van der Waals surface area contributed by atoms with Gasteiger partial charge in [-0.05, 0) is 42.8 Å². The molecule has 0 fully saturated rings. The SMILES string of the molecule is COc1cccc(C2NC(=S)NC(C)=C2C(=O)OCC(C)C)c1. The Labute approximate surface area is 142 Å². The number of allylic oxidation sites excluding steroid dienone is 1. The van der Waals surface area contributed by atoms with Crippen molar-refractivity contribution in [3.8, 4) is 5.75 Å². The first-order valence-electron chi connectivity index (χ1n) is 7.51. The van der Waals surface area contributed by atoms with Crippen molar-refractivity contribution in [1.82, 2.24) is 10.6 Å². The van der Waals surface area contributed by atoms with Crippen LogP contribution in [0.15, 0.2) is 35.5 Å². The van der Waals surface area contributed by atoms with Gasteiger partial charge >= 0.3 is 5.97 Å². The second kappa shape index (κ2) is 7.46. The van der Waals surface area contributed by atoms with Crippen molar-refractivity contribution < 1.29 is 14.3 Å². The van der Waals surface area contributed by atoms with Crippen LogP contribution in [0.2, 0.25) is 0 Å². The third kappa shape index (κ3) is 4.22.